The highest BCUT2D eigenvalue weighted by Crippen LogP contribution is 2.11. The molecule has 0 radical (unpaired) electrons. The SMILES string of the molecule is Cc1ccc(CN=C(NCCCOC2CCOCC2)Nc2ccccc2)cc1.I. The van der Waals surface area contributed by atoms with Crippen LogP contribution in [-0.4, -0.2) is 38.4 Å². The van der Waals surface area contributed by atoms with E-state index < -0.39 is 0 Å². The number of aryl methyl sites for hydroxylation is 1. The maximum Gasteiger partial charge on any atom is 0.196 e. The lowest BCUT2D eigenvalue weighted by Crippen LogP contribution is -2.32. The van der Waals surface area contributed by atoms with Crippen molar-refractivity contribution in [3.8, 4) is 0 Å². The first-order valence-corrected chi connectivity index (χ1v) is 10.1. The second-order valence-electron chi connectivity index (χ2n) is 7.10. The summed E-state index contributed by atoms with van der Waals surface area (Å²) in [6, 6.07) is 18.6. The summed E-state index contributed by atoms with van der Waals surface area (Å²) in [4.78, 5) is 4.74. The van der Waals surface area contributed by atoms with E-state index in [0.29, 0.717) is 12.6 Å². The van der Waals surface area contributed by atoms with Gasteiger partial charge in [0.2, 0.25) is 0 Å². The molecule has 5 nitrogen and oxygen atoms in total. The van der Waals surface area contributed by atoms with Gasteiger partial charge < -0.3 is 20.1 Å². The summed E-state index contributed by atoms with van der Waals surface area (Å²) in [5.74, 6) is 0.790. The number of nitrogens with one attached hydrogen (secondary N) is 2. The van der Waals surface area contributed by atoms with Gasteiger partial charge in [-0.15, -0.1) is 24.0 Å². The average Bonchev–Trinajstić information content (AvgIpc) is 2.74. The molecule has 1 saturated heterocycles. The van der Waals surface area contributed by atoms with E-state index in [1.165, 1.54) is 11.1 Å². The number of aliphatic imine (C=N–C) groups is 1. The number of ether oxygens (including phenoxy) is 2. The summed E-state index contributed by atoms with van der Waals surface area (Å²) in [7, 11) is 0. The molecule has 0 bridgehead atoms. The molecule has 0 amide bonds. The predicted octanol–water partition coefficient (Wildman–Crippen LogP) is 4.76. The minimum absolute atomic E-state index is 0. The van der Waals surface area contributed by atoms with Crippen LogP contribution in [0.5, 0.6) is 0 Å². The van der Waals surface area contributed by atoms with E-state index in [1.54, 1.807) is 0 Å². The number of hydrogen-bond donors (Lipinski definition) is 2. The van der Waals surface area contributed by atoms with Crippen molar-refractivity contribution in [1.29, 1.82) is 0 Å². The second-order valence-corrected chi connectivity index (χ2v) is 7.10. The Bertz CT molecular complexity index is 717. The summed E-state index contributed by atoms with van der Waals surface area (Å²) in [5.41, 5.74) is 3.48. The molecule has 0 unspecified atom stereocenters. The van der Waals surface area contributed by atoms with Gasteiger partial charge in [-0.05, 0) is 43.9 Å². The number of rotatable bonds is 8. The summed E-state index contributed by atoms with van der Waals surface area (Å²) >= 11 is 0. The standard InChI is InChI=1S/C23H31N3O2.HI/c1-19-8-10-20(11-9-19)18-25-23(26-21-6-3-2-4-7-21)24-14-5-15-28-22-12-16-27-17-13-22;/h2-4,6-11,22H,5,12-18H2,1H3,(H2,24,25,26);1H. The first kappa shape index (κ1) is 23.6. The summed E-state index contributed by atoms with van der Waals surface area (Å²) < 4.78 is 11.3. The maximum atomic E-state index is 5.94. The third-order valence-electron chi connectivity index (χ3n) is 4.71. The van der Waals surface area contributed by atoms with Gasteiger partial charge in [-0.1, -0.05) is 48.0 Å². The van der Waals surface area contributed by atoms with Crippen molar-refractivity contribution in [2.24, 2.45) is 4.99 Å². The molecule has 3 rings (SSSR count). The number of para-hydroxylation sites is 1. The number of halogens is 1. The summed E-state index contributed by atoms with van der Waals surface area (Å²) in [5, 5.41) is 6.80. The second kappa shape index (κ2) is 13.6. The Morgan fingerprint density at radius 2 is 1.79 bits per heavy atom. The zero-order valence-corrected chi connectivity index (χ0v) is 19.4. The molecule has 0 aromatic heterocycles. The smallest absolute Gasteiger partial charge is 0.196 e. The third kappa shape index (κ3) is 9.14. The molecule has 2 N–H and O–H groups in total. The lowest BCUT2D eigenvalue weighted by atomic mass is 10.1. The quantitative estimate of drug-likeness (QED) is 0.233. The molecule has 2 aromatic rings. The van der Waals surface area contributed by atoms with Crippen LogP contribution in [0.15, 0.2) is 59.6 Å². The molecule has 0 aliphatic carbocycles. The van der Waals surface area contributed by atoms with Crippen molar-refractivity contribution in [2.75, 3.05) is 31.7 Å². The van der Waals surface area contributed by atoms with E-state index in [2.05, 4.69) is 41.8 Å². The van der Waals surface area contributed by atoms with Crippen LogP contribution < -0.4 is 10.6 Å². The van der Waals surface area contributed by atoms with Crippen molar-refractivity contribution in [1.82, 2.24) is 5.32 Å². The monoisotopic (exact) mass is 509 g/mol. The molecule has 6 heteroatoms. The summed E-state index contributed by atoms with van der Waals surface area (Å²) in [6.07, 6.45) is 3.31. The van der Waals surface area contributed by atoms with Crippen LogP contribution in [0.2, 0.25) is 0 Å². The van der Waals surface area contributed by atoms with E-state index in [4.69, 9.17) is 14.5 Å². The Morgan fingerprint density at radius 3 is 2.52 bits per heavy atom. The molecule has 1 fully saturated rings. The van der Waals surface area contributed by atoms with Crippen molar-refractivity contribution < 1.29 is 9.47 Å². The van der Waals surface area contributed by atoms with Gasteiger partial charge in [0.1, 0.15) is 0 Å². The van der Waals surface area contributed by atoms with E-state index >= 15 is 0 Å². The zero-order chi connectivity index (χ0) is 19.4. The Balaban J connectivity index is 0.00000300. The van der Waals surface area contributed by atoms with Crippen molar-refractivity contribution in [3.05, 3.63) is 65.7 Å². The molecule has 1 aliphatic heterocycles. The van der Waals surface area contributed by atoms with E-state index in [-0.39, 0.29) is 24.0 Å². The third-order valence-corrected chi connectivity index (χ3v) is 4.71. The first-order chi connectivity index (χ1) is 13.8. The molecular formula is C23H32IN3O2. The molecule has 0 spiro atoms. The normalized spacial score (nSPS) is 14.9. The molecule has 158 valence electrons. The first-order valence-electron chi connectivity index (χ1n) is 10.1. The number of benzene rings is 2. The number of anilines is 1. The largest absolute Gasteiger partial charge is 0.381 e. The van der Waals surface area contributed by atoms with E-state index in [1.807, 2.05) is 30.3 Å². The van der Waals surface area contributed by atoms with Crippen LogP contribution in [-0.2, 0) is 16.0 Å². The van der Waals surface area contributed by atoms with Crippen LogP contribution in [0.4, 0.5) is 5.69 Å². The van der Waals surface area contributed by atoms with Crippen LogP contribution in [0.25, 0.3) is 0 Å². The fourth-order valence-corrected chi connectivity index (χ4v) is 3.03. The van der Waals surface area contributed by atoms with Gasteiger partial charge in [0, 0.05) is 32.1 Å². The van der Waals surface area contributed by atoms with Gasteiger partial charge >= 0.3 is 0 Å². The maximum absolute atomic E-state index is 5.94. The molecule has 1 aliphatic rings. The molecule has 2 aromatic carbocycles. The number of hydrogen-bond acceptors (Lipinski definition) is 3. The molecule has 0 saturated carbocycles. The Hall–Kier alpha value is -1.64. The highest BCUT2D eigenvalue weighted by Gasteiger charge is 2.13. The van der Waals surface area contributed by atoms with Gasteiger partial charge in [0.15, 0.2) is 5.96 Å². The van der Waals surface area contributed by atoms with Crippen LogP contribution in [0, 0.1) is 6.92 Å². The van der Waals surface area contributed by atoms with Gasteiger partial charge in [-0.3, -0.25) is 0 Å². The molecule has 29 heavy (non-hydrogen) atoms. The van der Waals surface area contributed by atoms with Crippen LogP contribution >= 0.6 is 24.0 Å². The summed E-state index contributed by atoms with van der Waals surface area (Å²) in [6.45, 7) is 5.95. The van der Waals surface area contributed by atoms with E-state index in [0.717, 1.165) is 57.3 Å². The minimum atomic E-state index is 0. The fraction of sp³-hybridized carbons (Fsp3) is 0.435. The van der Waals surface area contributed by atoms with Crippen molar-refractivity contribution in [3.63, 3.8) is 0 Å². The van der Waals surface area contributed by atoms with Crippen molar-refractivity contribution >= 4 is 35.6 Å². The van der Waals surface area contributed by atoms with Gasteiger partial charge in [0.05, 0.1) is 12.6 Å². The Morgan fingerprint density at radius 1 is 1.07 bits per heavy atom. The van der Waals surface area contributed by atoms with Crippen LogP contribution in [0.3, 0.4) is 0 Å². The van der Waals surface area contributed by atoms with Crippen LogP contribution in [0.1, 0.15) is 30.4 Å². The van der Waals surface area contributed by atoms with Gasteiger partial charge in [0.25, 0.3) is 0 Å². The number of guanidine groups is 1. The predicted molar refractivity (Wildman–Crippen MR) is 130 cm³/mol. The molecule has 0 atom stereocenters. The average molecular weight is 509 g/mol. The lowest BCUT2D eigenvalue weighted by molar-refractivity contribution is -0.0320. The molecule has 1 heterocycles. The lowest BCUT2D eigenvalue weighted by Gasteiger charge is -2.22. The number of nitrogens with zero attached hydrogens (tertiary/aromatic N) is 1. The minimum Gasteiger partial charge on any atom is -0.381 e. The van der Waals surface area contributed by atoms with Crippen molar-refractivity contribution in [2.45, 2.75) is 38.8 Å². The molecular weight excluding hydrogens is 477 g/mol. The van der Waals surface area contributed by atoms with Gasteiger partial charge in [-0.25, -0.2) is 4.99 Å². The fourth-order valence-electron chi connectivity index (χ4n) is 3.03. The van der Waals surface area contributed by atoms with Gasteiger partial charge in [-0.2, -0.15) is 0 Å². The zero-order valence-electron chi connectivity index (χ0n) is 17.1. The van der Waals surface area contributed by atoms with E-state index in [9.17, 15) is 0 Å². The highest BCUT2D eigenvalue weighted by atomic mass is 127. The highest BCUT2D eigenvalue weighted by molar-refractivity contribution is 14.0. The Kier molecular flexibility index (Phi) is 11.1. The Labute approximate surface area is 191 Å². The topological polar surface area (TPSA) is 54.9 Å².